The molecule has 6 nitrogen and oxygen atoms in total. The Labute approximate surface area is 153 Å². The minimum atomic E-state index is -0.120. The number of hydrogen-bond acceptors (Lipinski definition) is 5. The first-order chi connectivity index (χ1) is 11.7. The van der Waals surface area contributed by atoms with Crippen LogP contribution < -0.4 is 10.1 Å². The molecule has 0 unspecified atom stereocenters. The summed E-state index contributed by atoms with van der Waals surface area (Å²) in [4.78, 5) is 16.7. The molecule has 136 valence electrons. The smallest absolute Gasteiger partial charge is 0.234 e. The van der Waals surface area contributed by atoms with Crippen molar-refractivity contribution in [1.82, 2.24) is 15.2 Å². The van der Waals surface area contributed by atoms with E-state index < -0.39 is 0 Å². The van der Waals surface area contributed by atoms with E-state index in [-0.39, 0.29) is 23.0 Å². The molecule has 0 fully saturated rings. The van der Waals surface area contributed by atoms with Crippen molar-refractivity contribution >= 4 is 23.4 Å². The van der Waals surface area contributed by atoms with Crippen molar-refractivity contribution in [1.29, 1.82) is 0 Å². The van der Waals surface area contributed by atoms with Crippen molar-refractivity contribution in [3.63, 3.8) is 0 Å². The van der Waals surface area contributed by atoms with Gasteiger partial charge in [-0.3, -0.25) is 9.89 Å². The first-order valence-corrected chi connectivity index (χ1v) is 9.22. The van der Waals surface area contributed by atoms with Gasteiger partial charge in [-0.15, -0.1) is 5.10 Å². The van der Waals surface area contributed by atoms with Gasteiger partial charge in [0, 0.05) is 5.92 Å². The summed E-state index contributed by atoms with van der Waals surface area (Å²) in [6, 6.07) is 5.86. The molecule has 7 heteroatoms. The summed E-state index contributed by atoms with van der Waals surface area (Å²) in [7, 11) is 1.59. The lowest BCUT2D eigenvalue weighted by Crippen LogP contribution is -2.17. The van der Waals surface area contributed by atoms with Gasteiger partial charge >= 0.3 is 0 Å². The number of aromatic amines is 1. The van der Waals surface area contributed by atoms with E-state index in [1.807, 2.05) is 32.0 Å². The maximum atomic E-state index is 12.3. The van der Waals surface area contributed by atoms with Gasteiger partial charge in [-0.2, -0.15) is 0 Å². The molecule has 0 aliphatic rings. The quantitative estimate of drug-likeness (QED) is 0.760. The summed E-state index contributed by atoms with van der Waals surface area (Å²) < 4.78 is 5.36. The molecule has 0 saturated heterocycles. The Morgan fingerprint density at radius 2 is 2.08 bits per heavy atom. The molecule has 1 aromatic heterocycles. The third-order valence-electron chi connectivity index (χ3n) is 3.70. The molecule has 0 radical (unpaired) electrons. The minimum absolute atomic E-state index is 0.00723. The van der Waals surface area contributed by atoms with Gasteiger partial charge in [-0.25, -0.2) is 4.98 Å². The van der Waals surface area contributed by atoms with Crippen molar-refractivity contribution in [3.8, 4) is 5.75 Å². The number of amides is 1. The summed E-state index contributed by atoms with van der Waals surface area (Å²) >= 11 is 1.30. The number of H-pyrrole nitrogens is 1. The van der Waals surface area contributed by atoms with Crippen LogP contribution in [0.25, 0.3) is 0 Å². The summed E-state index contributed by atoms with van der Waals surface area (Å²) in [6.07, 6.45) is 0. The van der Waals surface area contributed by atoms with Crippen LogP contribution in [-0.4, -0.2) is 34.0 Å². The van der Waals surface area contributed by atoms with E-state index in [0.717, 1.165) is 11.4 Å². The van der Waals surface area contributed by atoms with E-state index >= 15 is 0 Å². The van der Waals surface area contributed by atoms with Crippen LogP contribution >= 0.6 is 11.8 Å². The number of rotatable bonds is 6. The van der Waals surface area contributed by atoms with E-state index in [2.05, 4.69) is 41.3 Å². The fourth-order valence-corrected chi connectivity index (χ4v) is 2.77. The molecule has 2 rings (SSSR count). The van der Waals surface area contributed by atoms with Crippen LogP contribution in [0, 0.1) is 0 Å². The summed E-state index contributed by atoms with van der Waals surface area (Å²) in [6.45, 7) is 10.5. The zero-order valence-corrected chi connectivity index (χ0v) is 16.5. The highest BCUT2D eigenvalue weighted by molar-refractivity contribution is 7.99. The largest absolute Gasteiger partial charge is 0.495 e. The number of thioether (sulfide) groups is 1. The van der Waals surface area contributed by atoms with Gasteiger partial charge in [0.1, 0.15) is 11.6 Å². The van der Waals surface area contributed by atoms with Crippen LogP contribution in [0.5, 0.6) is 5.75 Å². The lowest BCUT2D eigenvalue weighted by molar-refractivity contribution is -0.113. The number of methoxy groups -OCH3 is 1. The third-order valence-corrected chi connectivity index (χ3v) is 4.55. The first-order valence-electron chi connectivity index (χ1n) is 8.24. The molecule has 1 amide bonds. The summed E-state index contributed by atoms with van der Waals surface area (Å²) in [5, 5.41) is 10.5. The monoisotopic (exact) mass is 362 g/mol. The molecule has 0 aliphatic heterocycles. The van der Waals surface area contributed by atoms with Gasteiger partial charge < -0.3 is 10.1 Å². The Balaban J connectivity index is 2.03. The van der Waals surface area contributed by atoms with E-state index in [1.165, 1.54) is 11.8 Å². The number of aromatic nitrogens is 3. The topological polar surface area (TPSA) is 79.9 Å². The number of hydrogen-bond donors (Lipinski definition) is 2. The Morgan fingerprint density at radius 1 is 1.36 bits per heavy atom. The van der Waals surface area contributed by atoms with Crippen molar-refractivity contribution in [3.05, 3.63) is 29.6 Å². The molecule has 0 aliphatic carbocycles. The third kappa shape index (κ3) is 5.22. The lowest BCUT2D eigenvalue weighted by Gasteiger charge is -2.21. The molecular weight excluding hydrogens is 336 g/mol. The van der Waals surface area contributed by atoms with Crippen LogP contribution in [-0.2, 0) is 10.2 Å². The van der Waals surface area contributed by atoms with Crippen molar-refractivity contribution in [2.75, 3.05) is 18.2 Å². The highest BCUT2D eigenvalue weighted by Crippen LogP contribution is 2.31. The van der Waals surface area contributed by atoms with Crippen molar-refractivity contribution in [2.45, 2.75) is 51.1 Å². The number of anilines is 1. The SMILES string of the molecule is COc1ccc(C(C)(C)C)cc1NC(=O)CSc1n[nH]c(C(C)C)n1. The normalized spacial score (nSPS) is 11.6. The highest BCUT2D eigenvalue weighted by Gasteiger charge is 2.17. The standard InChI is InChI=1S/C18H26N4O2S/c1-11(2)16-20-17(22-21-16)25-10-15(23)19-13-9-12(18(3,4)5)7-8-14(13)24-6/h7-9,11H,10H2,1-6H3,(H,19,23)(H,20,21,22). The number of nitrogens with one attached hydrogen (secondary N) is 2. The zero-order chi connectivity index (χ0) is 18.6. The zero-order valence-electron chi connectivity index (χ0n) is 15.6. The Kier molecular flexibility index (Phi) is 6.11. The average Bonchev–Trinajstić information content (AvgIpc) is 3.01. The Bertz CT molecular complexity index is 735. The van der Waals surface area contributed by atoms with Crippen LogP contribution in [0.3, 0.4) is 0 Å². The second-order valence-electron chi connectivity index (χ2n) is 7.16. The first kappa shape index (κ1) is 19.3. The maximum Gasteiger partial charge on any atom is 0.234 e. The fraction of sp³-hybridized carbons (Fsp3) is 0.500. The van der Waals surface area contributed by atoms with Crippen molar-refractivity contribution in [2.24, 2.45) is 0 Å². The molecule has 25 heavy (non-hydrogen) atoms. The second-order valence-corrected chi connectivity index (χ2v) is 8.10. The number of carbonyl (C=O) groups excluding carboxylic acids is 1. The van der Waals surface area contributed by atoms with Crippen molar-refractivity contribution < 1.29 is 9.53 Å². The van der Waals surface area contributed by atoms with Gasteiger partial charge in [0.05, 0.1) is 18.6 Å². The lowest BCUT2D eigenvalue weighted by atomic mass is 9.87. The van der Waals surface area contributed by atoms with E-state index in [0.29, 0.717) is 16.6 Å². The molecule has 0 atom stereocenters. The molecule has 2 N–H and O–H groups in total. The average molecular weight is 362 g/mol. The molecular formula is C18H26N4O2S. The van der Waals surface area contributed by atoms with Crippen LogP contribution in [0.1, 0.15) is 51.9 Å². The molecule has 0 saturated carbocycles. The summed E-state index contributed by atoms with van der Waals surface area (Å²) in [5.74, 6) is 1.86. The molecule has 1 heterocycles. The van der Waals surface area contributed by atoms with Crippen LogP contribution in [0.15, 0.2) is 23.4 Å². The van der Waals surface area contributed by atoms with Crippen LogP contribution in [0.2, 0.25) is 0 Å². The predicted octanol–water partition coefficient (Wildman–Crippen LogP) is 3.97. The van der Waals surface area contributed by atoms with Gasteiger partial charge in [0.15, 0.2) is 0 Å². The Hall–Kier alpha value is -2.02. The van der Waals surface area contributed by atoms with Crippen LogP contribution in [0.4, 0.5) is 5.69 Å². The molecule has 1 aromatic carbocycles. The van der Waals surface area contributed by atoms with Gasteiger partial charge in [0.25, 0.3) is 0 Å². The molecule has 2 aromatic rings. The number of ether oxygens (including phenoxy) is 1. The van der Waals surface area contributed by atoms with Gasteiger partial charge in [0.2, 0.25) is 11.1 Å². The van der Waals surface area contributed by atoms with E-state index in [1.54, 1.807) is 7.11 Å². The van der Waals surface area contributed by atoms with Gasteiger partial charge in [-0.05, 0) is 23.1 Å². The minimum Gasteiger partial charge on any atom is -0.495 e. The molecule has 0 bridgehead atoms. The number of nitrogens with zero attached hydrogens (tertiary/aromatic N) is 2. The van der Waals surface area contributed by atoms with Gasteiger partial charge in [-0.1, -0.05) is 52.4 Å². The van der Waals surface area contributed by atoms with E-state index in [9.17, 15) is 4.79 Å². The second kappa shape index (κ2) is 7.91. The number of benzene rings is 1. The predicted molar refractivity (Wildman–Crippen MR) is 102 cm³/mol. The maximum absolute atomic E-state index is 12.3. The number of carbonyl (C=O) groups is 1. The highest BCUT2D eigenvalue weighted by atomic mass is 32.2. The van der Waals surface area contributed by atoms with E-state index in [4.69, 9.17) is 4.74 Å². The fourth-order valence-electron chi connectivity index (χ4n) is 2.17. The molecule has 0 spiro atoms. The summed E-state index contributed by atoms with van der Waals surface area (Å²) in [5.41, 5.74) is 1.80. The Morgan fingerprint density at radius 3 is 2.64 bits per heavy atom.